The molecule has 254 valence electrons. The van der Waals surface area contributed by atoms with Gasteiger partial charge in [0, 0.05) is 29.6 Å². The number of hydrogen-bond donors (Lipinski definition) is 1. The number of rotatable bonds is 13. The van der Waals surface area contributed by atoms with Crippen LogP contribution in [0.3, 0.4) is 0 Å². The molecule has 0 aliphatic heterocycles. The number of anilines is 1. The van der Waals surface area contributed by atoms with Crippen LogP contribution < -0.4 is 9.62 Å². The molecule has 4 rings (SSSR count). The standard InChI is InChI=1S/C34H31Cl3F3N3O4S/c1-2-17-41-33(45)31(18-23-9-5-3-6-10-23)42(21-24-13-15-26(35)20-29(24)37)32(44)22-43(48(46,47)27-11-7-4-8-12-27)30-19-25(34(38,39)40)14-16-28(30)36/h3-16,19-20,31H,2,17-18,21-22H2,1H3,(H,41,45). The molecule has 0 bridgehead atoms. The Morgan fingerprint density at radius 3 is 2.10 bits per heavy atom. The lowest BCUT2D eigenvalue weighted by Crippen LogP contribution is -2.53. The van der Waals surface area contributed by atoms with Crippen LogP contribution in [0, 0.1) is 0 Å². The molecule has 4 aromatic carbocycles. The van der Waals surface area contributed by atoms with Crippen LogP contribution in [0.1, 0.15) is 30.0 Å². The van der Waals surface area contributed by atoms with Gasteiger partial charge in [0.1, 0.15) is 12.6 Å². The summed E-state index contributed by atoms with van der Waals surface area (Å²) < 4.78 is 70.2. The van der Waals surface area contributed by atoms with Crippen LogP contribution in [0.15, 0.2) is 102 Å². The van der Waals surface area contributed by atoms with Gasteiger partial charge in [0.15, 0.2) is 0 Å². The lowest BCUT2D eigenvalue weighted by atomic mass is 10.0. The smallest absolute Gasteiger partial charge is 0.354 e. The van der Waals surface area contributed by atoms with Gasteiger partial charge in [0.2, 0.25) is 11.8 Å². The molecule has 0 radical (unpaired) electrons. The van der Waals surface area contributed by atoms with E-state index in [0.717, 1.165) is 6.07 Å². The molecule has 0 spiro atoms. The summed E-state index contributed by atoms with van der Waals surface area (Å²) in [7, 11) is -4.68. The summed E-state index contributed by atoms with van der Waals surface area (Å²) >= 11 is 18.9. The minimum atomic E-state index is -4.85. The first-order chi connectivity index (χ1) is 22.7. The highest BCUT2D eigenvalue weighted by Gasteiger charge is 2.37. The summed E-state index contributed by atoms with van der Waals surface area (Å²) in [5, 5.41) is 2.97. The molecule has 1 atom stereocenters. The lowest BCUT2D eigenvalue weighted by molar-refractivity contribution is -0.140. The van der Waals surface area contributed by atoms with E-state index in [9.17, 15) is 31.2 Å². The van der Waals surface area contributed by atoms with E-state index in [4.69, 9.17) is 34.8 Å². The minimum absolute atomic E-state index is 0.0308. The van der Waals surface area contributed by atoms with Crippen LogP contribution in [0.4, 0.5) is 18.9 Å². The molecular formula is C34H31Cl3F3N3O4S. The van der Waals surface area contributed by atoms with Crippen LogP contribution in [-0.2, 0) is 38.8 Å². The number of sulfonamides is 1. The number of carbonyl (C=O) groups is 2. The molecule has 0 aliphatic carbocycles. The second-order valence-electron chi connectivity index (χ2n) is 10.7. The number of alkyl halides is 3. The third-order valence-corrected chi connectivity index (χ3v) is 10.0. The van der Waals surface area contributed by atoms with Gasteiger partial charge < -0.3 is 10.2 Å². The van der Waals surface area contributed by atoms with E-state index in [0.29, 0.717) is 45.6 Å². The van der Waals surface area contributed by atoms with Crippen molar-refractivity contribution in [3.63, 3.8) is 0 Å². The van der Waals surface area contributed by atoms with E-state index in [2.05, 4.69) is 5.32 Å². The van der Waals surface area contributed by atoms with Gasteiger partial charge in [-0.05, 0) is 60.0 Å². The second kappa shape index (κ2) is 16.1. The summed E-state index contributed by atoms with van der Waals surface area (Å²) in [4.78, 5) is 29.1. The van der Waals surface area contributed by atoms with Crippen molar-refractivity contribution in [2.45, 2.75) is 43.4 Å². The topological polar surface area (TPSA) is 86.8 Å². The summed E-state index contributed by atoms with van der Waals surface area (Å²) in [6, 6.07) is 21.4. The molecule has 0 saturated carbocycles. The molecule has 1 unspecified atom stereocenters. The number of nitrogens with one attached hydrogen (secondary N) is 1. The maximum absolute atomic E-state index is 14.5. The number of nitrogens with zero attached hydrogens (tertiary/aromatic N) is 2. The number of benzene rings is 4. The van der Waals surface area contributed by atoms with Crippen LogP contribution in [0.2, 0.25) is 15.1 Å². The van der Waals surface area contributed by atoms with Gasteiger partial charge in [0.25, 0.3) is 10.0 Å². The van der Waals surface area contributed by atoms with E-state index < -0.39 is 51.9 Å². The molecule has 0 aromatic heterocycles. The fourth-order valence-corrected chi connectivity index (χ4v) is 7.05. The van der Waals surface area contributed by atoms with Crippen molar-refractivity contribution in [3.8, 4) is 0 Å². The van der Waals surface area contributed by atoms with Gasteiger partial charge in [-0.1, -0.05) is 96.3 Å². The molecule has 14 heteroatoms. The predicted molar refractivity (Wildman–Crippen MR) is 182 cm³/mol. The van der Waals surface area contributed by atoms with Gasteiger partial charge in [0.05, 0.1) is 21.2 Å². The quantitative estimate of drug-likeness (QED) is 0.151. The van der Waals surface area contributed by atoms with Crippen molar-refractivity contribution in [3.05, 3.63) is 129 Å². The van der Waals surface area contributed by atoms with Gasteiger partial charge in [-0.3, -0.25) is 13.9 Å². The molecule has 1 N–H and O–H groups in total. The highest BCUT2D eigenvalue weighted by Crippen LogP contribution is 2.37. The van der Waals surface area contributed by atoms with Gasteiger partial charge in [-0.15, -0.1) is 0 Å². The first kappa shape index (κ1) is 37.1. The van der Waals surface area contributed by atoms with E-state index in [1.165, 1.54) is 35.2 Å². The Kier molecular flexibility index (Phi) is 12.4. The molecule has 0 fully saturated rings. The Balaban J connectivity index is 1.88. The van der Waals surface area contributed by atoms with Gasteiger partial charge >= 0.3 is 6.18 Å². The SMILES string of the molecule is CCCNC(=O)C(Cc1ccccc1)N(Cc1ccc(Cl)cc1Cl)C(=O)CN(c1cc(C(F)(F)F)ccc1Cl)S(=O)(=O)c1ccccc1. The first-order valence-corrected chi connectivity index (χ1v) is 17.3. The summed E-state index contributed by atoms with van der Waals surface area (Å²) in [6.45, 7) is 0.882. The summed E-state index contributed by atoms with van der Waals surface area (Å²) in [5.41, 5.74) is -0.648. The lowest BCUT2D eigenvalue weighted by Gasteiger charge is -2.34. The summed E-state index contributed by atoms with van der Waals surface area (Å²) in [5.74, 6) is -1.42. The maximum atomic E-state index is 14.5. The third kappa shape index (κ3) is 9.22. The van der Waals surface area contributed by atoms with Crippen LogP contribution in [0.5, 0.6) is 0 Å². The number of amides is 2. The number of carbonyl (C=O) groups excluding carboxylic acids is 2. The van der Waals surface area contributed by atoms with E-state index in [-0.39, 0.29) is 27.9 Å². The Bertz CT molecular complexity index is 1850. The van der Waals surface area contributed by atoms with Crippen molar-refractivity contribution in [2.75, 3.05) is 17.4 Å². The molecule has 0 aliphatic rings. The third-order valence-electron chi connectivity index (χ3n) is 7.33. The van der Waals surface area contributed by atoms with Gasteiger partial charge in [-0.2, -0.15) is 13.2 Å². The molecule has 4 aromatic rings. The van der Waals surface area contributed by atoms with Crippen molar-refractivity contribution < 1.29 is 31.2 Å². The second-order valence-corrected chi connectivity index (χ2v) is 13.9. The fourth-order valence-electron chi connectivity index (χ4n) is 4.87. The fraction of sp³-hybridized carbons (Fsp3) is 0.235. The first-order valence-electron chi connectivity index (χ1n) is 14.7. The average molecular weight is 741 g/mol. The van der Waals surface area contributed by atoms with Crippen LogP contribution in [0.25, 0.3) is 0 Å². The highest BCUT2D eigenvalue weighted by atomic mass is 35.5. The molecule has 0 heterocycles. The molecule has 0 saturated heterocycles. The Morgan fingerprint density at radius 1 is 0.854 bits per heavy atom. The van der Waals surface area contributed by atoms with E-state index in [1.54, 1.807) is 48.5 Å². The largest absolute Gasteiger partial charge is 0.416 e. The predicted octanol–water partition coefficient (Wildman–Crippen LogP) is 8.03. The van der Waals surface area contributed by atoms with Crippen LogP contribution in [-0.4, -0.2) is 44.3 Å². The number of halogens is 6. The monoisotopic (exact) mass is 739 g/mol. The zero-order valence-corrected chi connectivity index (χ0v) is 28.6. The Morgan fingerprint density at radius 2 is 1.50 bits per heavy atom. The van der Waals surface area contributed by atoms with Gasteiger partial charge in [-0.25, -0.2) is 8.42 Å². The van der Waals surface area contributed by atoms with Crippen LogP contribution >= 0.6 is 34.8 Å². The van der Waals surface area contributed by atoms with E-state index in [1.807, 2.05) is 6.92 Å². The maximum Gasteiger partial charge on any atom is 0.416 e. The highest BCUT2D eigenvalue weighted by molar-refractivity contribution is 7.92. The molecule has 7 nitrogen and oxygen atoms in total. The number of hydrogen-bond acceptors (Lipinski definition) is 4. The summed E-state index contributed by atoms with van der Waals surface area (Å²) in [6.07, 6.45) is -4.22. The molecule has 2 amide bonds. The molecule has 48 heavy (non-hydrogen) atoms. The molecular weight excluding hydrogens is 710 g/mol. The Hall–Kier alpha value is -3.77. The average Bonchev–Trinajstić information content (AvgIpc) is 3.05. The van der Waals surface area contributed by atoms with Crippen molar-refractivity contribution in [1.29, 1.82) is 0 Å². The normalized spacial score (nSPS) is 12.3. The zero-order valence-electron chi connectivity index (χ0n) is 25.6. The minimum Gasteiger partial charge on any atom is -0.354 e. The van der Waals surface area contributed by atoms with Crippen molar-refractivity contribution >= 4 is 62.3 Å². The van der Waals surface area contributed by atoms with E-state index >= 15 is 0 Å². The van der Waals surface area contributed by atoms with Crippen molar-refractivity contribution in [2.24, 2.45) is 0 Å². The van der Waals surface area contributed by atoms with Crippen molar-refractivity contribution in [1.82, 2.24) is 10.2 Å². The Labute approximate surface area is 292 Å². The zero-order chi connectivity index (χ0) is 35.1.